The highest BCUT2D eigenvalue weighted by Crippen LogP contribution is 2.25. The van der Waals surface area contributed by atoms with Gasteiger partial charge in [-0.2, -0.15) is 4.68 Å². The number of amides is 1. The molecule has 0 bridgehead atoms. The van der Waals surface area contributed by atoms with Crippen LogP contribution in [0.5, 0.6) is 0 Å². The zero-order valence-corrected chi connectivity index (χ0v) is 16.1. The van der Waals surface area contributed by atoms with E-state index in [-0.39, 0.29) is 5.56 Å². The Hall–Kier alpha value is -3.07. The van der Waals surface area contributed by atoms with E-state index >= 15 is 0 Å². The van der Waals surface area contributed by atoms with Crippen molar-refractivity contribution in [2.24, 2.45) is 0 Å². The third kappa shape index (κ3) is 3.45. The Kier molecular flexibility index (Phi) is 5.04. The first-order valence-corrected chi connectivity index (χ1v) is 8.99. The number of aromatic nitrogens is 3. The van der Waals surface area contributed by atoms with Crippen molar-refractivity contribution in [1.82, 2.24) is 15.0 Å². The monoisotopic (exact) mass is 386 g/mol. The fourth-order valence-electron chi connectivity index (χ4n) is 2.63. The van der Waals surface area contributed by atoms with Crippen LogP contribution in [-0.4, -0.2) is 34.0 Å². The van der Waals surface area contributed by atoms with Gasteiger partial charge in [0.2, 0.25) is 5.91 Å². The van der Waals surface area contributed by atoms with E-state index in [2.05, 4.69) is 20.4 Å². The van der Waals surface area contributed by atoms with E-state index in [9.17, 15) is 14.4 Å². The van der Waals surface area contributed by atoms with Crippen molar-refractivity contribution in [1.29, 1.82) is 0 Å². The van der Waals surface area contributed by atoms with Crippen molar-refractivity contribution >= 4 is 39.1 Å². The molecular weight excluding hydrogens is 368 g/mol. The lowest BCUT2D eigenvalue weighted by atomic mass is 10.2. The Balaban J connectivity index is 1.89. The number of thiophene rings is 1. The number of hydrogen-bond donors (Lipinski definition) is 1. The number of ether oxygens (including phenoxy) is 1. The predicted molar refractivity (Wildman–Crippen MR) is 102 cm³/mol. The van der Waals surface area contributed by atoms with Crippen LogP contribution in [0.3, 0.4) is 0 Å². The molecular formula is C18H18N4O4S. The van der Waals surface area contributed by atoms with Crippen molar-refractivity contribution in [2.45, 2.75) is 26.8 Å². The fourth-order valence-corrected chi connectivity index (χ4v) is 3.59. The fraction of sp³-hybridized carbons (Fsp3) is 0.278. The van der Waals surface area contributed by atoms with E-state index < -0.39 is 17.9 Å². The Labute approximate surface area is 158 Å². The Morgan fingerprint density at radius 2 is 2.04 bits per heavy atom. The van der Waals surface area contributed by atoms with Crippen LogP contribution in [0.2, 0.25) is 0 Å². The maximum Gasteiger partial charge on any atom is 0.337 e. The van der Waals surface area contributed by atoms with Crippen LogP contribution in [0, 0.1) is 13.8 Å². The Bertz CT molecular complexity index is 1100. The second kappa shape index (κ2) is 7.28. The number of nitrogens with one attached hydrogen (secondary N) is 1. The predicted octanol–water partition coefficient (Wildman–Crippen LogP) is 2.46. The van der Waals surface area contributed by atoms with Crippen molar-refractivity contribution in [3.8, 4) is 0 Å². The summed E-state index contributed by atoms with van der Waals surface area (Å²) in [6.45, 7) is 5.33. The molecule has 9 heteroatoms. The number of anilines is 1. The molecule has 0 saturated heterocycles. The maximum atomic E-state index is 12.8. The molecule has 0 radical (unpaired) electrons. The zero-order chi connectivity index (χ0) is 19.7. The van der Waals surface area contributed by atoms with E-state index in [1.807, 2.05) is 13.8 Å². The Morgan fingerprint density at radius 3 is 2.74 bits per heavy atom. The summed E-state index contributed by atoms with van der Waals surface area (Å²) in [6, 6.07) is 5.47. The first-order valence-electron chi connectivity index (χ1n) is 8.18. The summed E-state index contributed by atoms with van der Waals surface area (Å²) in [6.07, 6.45) is 0. The lowest BCUT2D eigenvalue weighted by Gasteiger charge is -2.13. The summed E-state index contributed by atoms with van der Waals surface area (Å²) in [4.78, 5) is 38.5. The average Bonchev–Trinajstić information content (AvgIpc) is 2.95. The topological polar surface area (TPSA) is 103 Å². The standard InChI is InChI=1S/C18H18N4O4S/c1-9-11(3)27-16-14(9)17(24)22(21-20-16)10(2)15(23)19-13-7-5-6-12(8-13)18(25)26-4/h5-8,10H,1-4H3,(H,19,23). The number of methoxy groups -OCH3 is 1. The van der Waals surface area contributed by atoms with Crippen LogP contribution in [0.25, 0.3) is 10.2 Å². The first-order chi connectivity index (χ1) is 12.8. The van der Waals surface area contributed by atoms with Crippen molar-refractivity contribution < 1.29 is 14.3 Å². The molecule has 3 aromatic rings. The number of carbonyl (C=O) groups is 2. The molecule has 27 heavy (non-hydrogen) atoms. The normalized spacial score (nSPS) is 12.0. The largest absolute Gasteiger partial charge is 0.465 e. The summed E-state index contributed by atoms with van der Waals surface area (Å²) >= 11 is 1.40. The molecule has 2 heterocycles. The molecule has 0 spiro atoms. The lowest BCUT2D eigenvalue weighted by molar-refractivity contribution is -0.119. The molecule has 1 amide bonds. The van der Waals surface area contributed by atoms with Gasteiger partial charge >= 0.3 is 5.97 Å². The second-order valence-electron chi connectivity index (χ2n) is 6.04. The van der Waals surface area contributed by atoms with Gasteiger partial charge < -0.3 is 10.1 Å². The van der Waals surface area contributed by atoms with E-state index in [0.717, 1.165) is 15.1 Å². The molecule has 0 aliphatic rings. The highest BCUT2D eigenvalue weighted by atomic mass is 32.1. The van der Waals surface area contributed by atoms with Gasteiger partial charge in [-0.15, -0.1) is 16.4 Å². The van der Waals surface area contributed by atoms with Crippen LogP contribution < -0.4 is 10.9 Å². The van der Waals surface area contributed by atoms with E-state index in [0.29, 0.717) is 21.5 Å². The molecule has 1 N–H and O–H groups in total. The molecule has 2 aromatic heterocycles. The van der Waals surface area contributed by atoms with Gasteiger partial charge in [-0.05, 0) is 44.5 Å². The molecule has 0 aliphatic carbocycles. The minimum absolute atomic E-state index is 0.311. The quantitative estimate of drug-likeness (QED) is 0.691. The van der Waals surface area contributed by atoms with Crippen LogP contribution in [-0.2, 0) is 9.53 Å². The summed E-state index contributed by atoms with van der Waals surface area (Å²) in [5.41, 5.74) is 1.22. The van der Waals surface area contributed by atoms with Gasteiger partial charge in [0.1, 0.15) is 6.04 Å². The van der Waals surface area contributed by atoms with Gasteiger partial charge in [0, 0.05) is 10.6 Å². The van der Waals surface area contributed by atoms with Gasteiger partial charge in [-0.1, -0.05) is 11.3 Å². The maximum absolute atomic E-state index is 12.8. The Morgan fingerprint density at radius 1 is 1.30 bits per heavy atom. The molecule has 8 nitrogen and oxygen atoms in total. The number of aryl methyl sites for hydroxylation is 2. The molecule has 0 aliphatic heterocycles. The second-order valence-corrected chi connectivity index (χ2v) is 7.24. The van der Waals surface area contributed by atoms with Crippen molar-refractivity contribution in [2.75, 3.05) is 12.4 Å². The third-order valence-electron chi connectivity index (χ3n) is 4.32. The molecule has 1 atom stereocenters. The molecule has 0 fully saturated rings. The SMILES string of the molecule is COC(=O)c1cccc(NC(=O)C(C)n2nnc3sc(C)c(C)c3c2=O)c1. The van der Waals surface area contributed by atoms with E-state index in [1.165, 1.54) is 24.5 Å². The van der Waals surface area contributed by atoms with Crippen molar-refractivity contribution in [3.63, 3.8) is 0 Å². The number of nitrogens with zero attached hydrogens (tertiary/aromatic N) is 3. The summed E-state index contributed by atoms with van der Waals surface area (Å²) in [7, 11) is 1.28. The van der Waals surface area contributed by atoms with Gasteiger partial charge in [0.05, 0.1) is 18.1 Å². The highest BCUT2D eigenvalue weighted by Gasteiger charge is 2.21. The van der Waals surface area contributed by atoms with E-state index in [1.54, 1.807) is 25.1 Å². The summed E-state index contributed by atoms with van der Waals surface area (Å²) in [5, 5.41) is 11.2. The molecule has 1 aromatic carbocycles. The number of rotatable bonds is 4. The summed E-state index contributed by atoms with van der Waals surface area (Å²) in [5.74, 6) is -0.952. The molecule has 1 unspecified atom stereocenters. The van der Waals surface area contributed by atoms with Gasteiger partial charge in [0.15, 0.2) is 4.83 Å². The van der Waals surface area contributed by atoms with Crippen LogP contribution in [0.15, 0.2) is 29.1 Å². The minimum atomic E-state index is -0.879. The number of carbonyl (C=O) groups excluding carboxylic acids is 2. The van der Waals surface area contributed by atoms with E-state index in [4.69, 9.17) is 0 Å². The third-order valence-corrected chi connectivity index (χ3v) is 5.41. The van der Waals surface area contributed by atoms with Gasteiger partial charge in [-0.3, -0.25) is 9.59 Å². The van der Waals surface area contributed by atoms with Gasteiger partial charge in [0.25, 0.3) is 5.56 Å². The lowest BCUT2D eigenvalue weighted by Crippen LogP contribution is -2.34. The minimum Gasteiger partial charge on any atom is -0.465 e. The molecule has 3 rings (SSSR count). The van der Waals surface area contributed by atoms with Crippen LogP contribution in [0.4, 0.5) is 5.69 Å². The zero-order valence-electron chi connectivity index (χ0n) is 15.3. The average molecular weight is 386 g/mol. The number of esters is 1. The molecule has 140 valence electrons. The van der Waals surface area contributed by atoms with Gasteiger partial charge in [-0.25, -0.2) is 4.79 Å². The first kappa shape index (κ1) is 18.7. The highest BCUT2D eigenvalue weighted by molar-refractivity contribution is 7.18. The van der Waals surface area contributed by atoms with Crippen LogP contribution in [0.1, 0.15) is 33.8 Å². The summed E-state index contributed by atoms with van der Waals surface area (Å²) < 4.78 is 5.74. The smallest absolute Gasteiger partial charge is 0.337 e. The number of benzene rings is 1. The number of fused-ring (bicyclic) bond motifs is 1. The van der Waals surface area contributed by atoms with Crippen molar-refractivity contribution in [3.05, 3.63) is 50.6 Å². The van der Waals surface area contributed by atoms with Crippen LogP contribution >= 0.6 is 11.3 Å². The number of hydrogen-bond acceptors (Lipinski definition) is 7. The molecule has 0 saturated carbocycles.